The number of ketones is 1. The van der Waals surface area contributed by atoms with Gasteiger partial charge in [-0.25, -0.2) is 4.98 Å². The molecule has 0 spiro atoms. The number of aromatic nitrogens is 1. The molecule has 0 amide bonds. The van der Waals surface area contributed by atoms with E-state index in [1.165, 1.54) is 42.5 Å². The van der Waals surface area contributed by atoms with Crippen molar-refractivity contribution >= 4 is 34.5 Å². The first-order valence-electron chi connectivity index (χ1n) is 9.45. The highest BCUT2D eigenvalue weighted by atomic mass is 16.6. The number of carbonyl (C=O) groups excluding carboxylic acids is 1. The van der Waals surface area contributed by atoms with Gasteiger partial charge in [0.15, 0.2) is 23.0 Å². The van der Waals surface area contributed by atoms with Gasteiger partial charge in [-0.15, -0.1) is 0 Å². The largest absolute Gasteiger partial charge is 0.505 e. The number of phenols is 3. The third-order valence-corrected chi connectivity index (χ3v) is 4.89. The van der Waals surface area contributed by atoms with E-state index >= 15 is 0 Å². The van der Waals surface area contributed by atoms with Gasteiger partial charge in [-0.2, -0.15) is 0 Å². The van der Waals surface area contributed by atoms with Gasteiger partial charge in [0.25, 0.3) is 5.69 Å². The number of non-ortho nitro benzene ring substituents is 1. The van der Waals surface area contributed by atoms with E-state index in [4.69, 9.17) is 0 Å². The van der Waals surface area contributed by atoms with E-state index in [2.05, 4.69) is 4.98 Å². The summed E-state index contributed by atoms with van der Waals surface area (Å²) in [6.07, 6.45) is 3.34. The van der Waals surface area contributed by atoms with Crippen molar-refractivity contribution in [3.63, 3.8) is 0 Å². The summed E-state index contributed by atoms with van der Waals surface area (Å²) in [4.78, 5) is 27.5. The minimum atomic E-state index is -0.555. The van der Waals surface area contributed by atoms with Crippen molar-refractivity contribution in [3.8, 4) is 17.2 Å². The summed E-state index contributed by atoms with van der Waals surface area (Å²) < 4.78 is 0. The number of nitro benzene ring substituents is 1. The molecule has 0 atom stereocenters. The van der Waals surface area contributed by atoms with E-state index < -0.39 is 10.7 Å². The van der Waals surface area contributed by atoms with Crippen molar-refractivity contribution in [1.29, 1.82) is 0 Å². The molecule has 8 heteroatoms. The molecule has 158 valence electrons. The summed E-state index contributed by atoms with van der Waals surface area (Å²) in [5.41, 5.74) is 1.46. The Labute approximate surface area is 181 Å². The number of pyridine rings is 1. The molecule has 1 heterocycles. The van der Waals surface area contributed by atoms with Crippen LogP contribution in [0, 0.1) is 10.1 Å². The van der Waals surface area contributed by atoms with E-state index in [0.717, 1.165) is 0 Å². The zero-order valence-electron chi connectivity index (χ0n) is 16.5. The van der Waals surface area contributed by atoms with Crippen molar-refractivity contribution in [2.24, 2.45) is 0 Å². The van der Waals surface area contributed by atoms with Gasteiger partial charge in [-0.1, -0.05) is 24.3 Å². The molecule has 3 aromatic carbocycles. The van der Waals surface area contributed by atoms with E-state index in [-0.39, 0.29) is 39.6 Å². The van der Waals surface area contributed by atoms with Crippen LogP contribution in [0.5, 0.6) is 17.2 Å². The maximum Gasteiger partial charge on any atom is 0.269 e. The molecule has 0 bridgehead atoms. The average Bonchev–Trinajstić information content (AvgIpc) is 2.80. The number of fused-ring (bicyclic) bond motifs is 1. The number of nitro groups is 1. The van der Waals surface area contributed by atoms with Crippen LogP contribution in [0.1, 0.15) is 27.2 Å². The van der Waals surface area contributed by atoms with Crippen molar-refractivity contribution in [2.75, 3.05) is 0 Å². The van der Waals surface area contributed by atoms with Crippen LogP contribution in [0.25, 0.3) is 23.1 Å². The van der Waals surface area contributed by atoms with Crippen molar-refractivity contribution < 1.29 is 25.0 Å². The summed E-state index contributed by atoms with van der Waals surface area (Å²) in [7, 11) is 0. The first kappa shape index (κ1) is 20.5. The molecule has 32 heavy (non-hydrogen) atoms. The lowest BCUT2D eigenvalue weighted by Crippen LogP contribution is -2.02. The van der Waals surface area contributed by atoms with Crippen molar-refractivity contribution in [1.82, 2.24) is 4.98 Å². The normalized spacial score (nSPS) is 11.1. The van der Waals surface area contributed by atoms with E-state index in [9.17, 15) is 30.2 Å². The van der Waals surface area contributed by atoms with Crippen LogP contribution in [0.3, 0.4) is 0 Å². The Morgan fingerprint density at radius 2 is 1.59 bits per heavy atom. The number of phenolic OH excluding ortho intramolecular Hbond substituents is 3. The molecule has 4 aromatic rings. The Kier molecular flexibility index (Phi) is 5.26. The Morgan fingerprint density at radius 3 is 2.28 bits per heavy atom. The second-order valence-electron chi connectivity index (χ2n) is 6.98. The second-order valence-corrected chi connectivity index (χ2v) is 6.98. The lowest BCUT2D eigenvalue weighted by atomic mass is 10.00. The summed E-state index contributed by atoms with van der Waals surface area (Å²) >= 11 is 0. The average molecular weight is 428 g/mol. The zero-order valence-corrected chi connectivity index (χ0v) is 16.5. The molecular formula is C24H16N2O6. The van der Waals surface area contributed by atoms with Gasteiger partial charge in [-0.05, 0) is 48.0 Å². The second kappa shape index (κ2) is 8.19. The maximum absolute atomic E-state index is 12.8. The van der Waals surface area contributed by atoms with Crippen molar-refractivity contribution in [2.45, 2.75) is 0 Å². The highest BCUT2D eigenvalue weighted by Crippen LogP contribution is 2.30. The molecule has 1 aromatic heterocycles. The van der Waals surface area contributed by atoms with E-state index in [1.807, 2.05) is 0 Å². The van der Waals surface area contributed by atoms with Crippen LogP contribution in [-0.2, 0) is 0 Å². The molecule has 4 rings (SSSR count). The molecule has 0 unspecified atom stereocenters. The van der Waals surface area contributed by atoms with Crippen molar-refractivity contribution in [3.05, 3.63) is 99.2 Å². The van der Waals surface area contributed by atoms with Gasteiger partial charge < -0.3 is 15.3 Å². The maximum atomic E-state index is 12.8. The quantitative estimate of drug-likeness (QED) is 0.182. The SMILES string of the molecule is O=C(c1ccc([N+](=O)[O-])cc1)c1ccc2ccc(C=Cc3ccc(O)c(O)c3)nc2c1O. The smallest absolute Gasteiger partial charge is 0.269 e. The van der Waals surface area contributed by atoms with Crippen LogP contribution >= 0.6 is 0 Å². The molecular weight excluding hydrogens is 412 g/mol. The molecule has 0 saturated heterocycles. The van der Waals surface area contributed by atoms with Gasteiger partial charge in [-0.3, -0.25) is 14.9 Å². The third-order valence-electron chi connectivity index (χ3n) is 4.89. The molecule has 8 nitrogen and oxygen atoms in total. The topological polar surface area (TPSA) is 134 Å². The molecule has 0 aliphatic carbocycles. The molecule has 0 saturated carbocycles. The fourth-order valence-corrected chi connectivity index (χ4v) is 3.18. The summed E-state index contributed by atoms with van der Waals surface area (Å²) in [6, 6.07) is 16.1. The van der Waals surface area contributed by atoms with Crippen LogP contribution < -0.4 is 0 Å². The number of hydrogen-bond acceptors (Lipinski definition) is 7. The Balaban J connectivity index is 1.68. The predicted molar refractivity (Wildman–Crippen MR) is 119 cm³/mol. The minimum Gasteiger partial charge on any atom is -0.505 e. The van der Waals surface area contributed by atoms with Crippen LogP contribution in [-0.4, -0.2) is 31.0 Å². The number of rotatable bonds is 5. The summed E-state index contributed by atoms with van der Waals surface area (Å²) in [5, 5.41) is 41.1. The summed E-state index contributed by atoms with van der Waals surface area (Å²) in [6.45, 7) is 0. The Hall–Kier alpha value is -4.72. The highest BCUT2D eigenvalue weighted by molar-refractivity contribution is 6.13. The fourth-order valence-electron chi connectivity index (χ4n) is 3.18. The molecule has 3 N–H and O–H groups in total. The number of benzene rings is 3. The number of hydrogen-bond donors (Lipinski definition) is 3. The standard InChI is InChI=1S/C24H16N2O6/c27-20-12-2-14(13-21(20)28)1-7-17-8-3-15-6-11-19(24(30)22(15)25-17)23(29)16-4-9-18(10-5-16)26(31)32/h1-13,27-28,30H. The lowest BCUT2D eigenvalue weighted by molar-refractivity contribution is -0.384. The van der Waals surface area contributed by atoms with Gasteiger partial charge in [0, 0.05) is 23.1 Å². The molecule has 0 aliphatic heterocycles. The number of aromatic hydroxyl groups is 3. The van der Waals surface area contributed by atoms with Gasteiger partial charge in [0.1, 0.15) is 5.52 Å². The summed E-state index contributed by atoms with van der Waals surface area (Å²) in [5.74, 6) is -1.24. The van der Waals surface area contributed by atoms with Crippen LogP contribution in [0.15, 0.2) is 66.7 Å². The first-order valence-corrected chi connectivity index (χ1v) is 9.45. The molecule has 0 aliphatic rings. The third kappa shape index (κ3) is 3.97. The van der Waals surface area contributed by atoms with E-state index in [0.29, 0.717) is 16.6 Å². The monoisotopic (exact) mass is 428 g/mol. The first-order chi connectivity index (χ1) is 15.3. The Morgan fingerprint density at radius 1 is 0.875 bits per heavy atom. The lowest BCUT2D eigenvalue weighted by Gasteiger charge is -2.08. The molecule has 0 fully saturated rings. The number of nitrogens with zero attached hydrogens (tertiary/aromatic N) is 2. The fraction of sp³-hybridized carbons (Fsp3) is 0. The van der Waals surface area contributed by atoms with Crippen LogP contribution in [0.2, 0.25) is 0 Å². The predicted octanol–water partition coefficient (Wildman–Crippen LogP) is 4.66. The van der Waals surface area contributed by atoms with Crippen LogP contribution in [0.4, 0.5) is 5.69 Å². The highest BCUT2D eigenvalue weighted by Gasteiger charge is 2.18. The minimum absolute atomic E-state index is 0.0310. The van der Waals surface area contributed by atoms with Gasteiger partial charge in [0.2, 0.25) is 0 Å². The zero-order chi connectivity index (χ0) is 22.8. The number of carbonyl (C=O) groups is 1. The molecule has 0 radical (unpaired) electrons. The Bertz CT molecular complexity index is 1390. The van der Waals surface area contributed by atoms with E-state index in [1.54, 1.807) is 36.4 Å². The van der Waals surface area contributed by atoms with Gasteiger partial charge in [0.05, 0.1) is 16.2 Å². The van der Waals surface area contributed by atoms with Gasteiger partial charge >= 0.3 is 0 Å².